The molecule has 0 fully saturated rings. The van der Waals surface area contributed by atoms with Crippen molar-refractivity contribution >= 4 is 17.4 Å². The maximum Gasteiger partial charge on any atom is 0.287 e. The Morgan fingerprint density at radius 2 is 2.06 bits per heavy atom. The lowest BCUT2D eigenvalue weighted by molar-refractivity contribution is -0.385. The summed E-state index contributed by atoms with van der Waals surface area (Å²) in [7, 11) is 5.04. The molecule has 7 heteroatoms. The summed E-state index contributed by atoms with van der Waals surface area (Å²) in [6.07, 6.45) is 1.17. The van der Waals surface area contributed by atoms with Crippen molar-refractivity contribution in [1.82, 2.24) is 9.88 Å². The fourth-order valence-electron chi connectivity index (χ4n) is 1.14. The highest BCUT2D eigenvalue weighted by Gasteiger charge is 2.11. The maximum absolute atomic E-state index is 11.4. The van der Waals surface area contributed by atoms with Gasteiger partial charge in [-0.2, -0.15) is 0 Å². The third-order valence-electron chi connectivity index (χ3n) is 2.21. The highest BCUT2D eigenvalue weighted by Crippen LogP contribution is 2.14. The summed E-state index contributed by atoms with van der Waals surface area (Å²) in [6, 6.07) is 2.88. The molecule has 0 spiro atoms. The lowest BCUT2D eigenvalue weighted by Gasteiger charge is -2.19. The molecular formula is C10H14N4O3. The molecule has 1 aromatic heterocycles. The van der Waals surface area contributed by atoms with Gasteiger partial charge in [0.2, 0.25) is 5.91 Å². The van der Waals surface area contributed by atoms with Crippen LogP contribution in [0.25, 0.3) is 0 Å². The first-order chi connectivity index (χ1) is 7.91. The Bertz CT molecular complexity index is 416. The summed E-state index contributed by atoms with van der Waals surface area (Å²) in [4.78, 5) is 28.4. The van der Waals surface area contributed by atoms with Crippen LogP contribution in [-0.4, -0.2) is 48.4 Å². The van der Waals surface area contributed by atoms with E-state index < -0.39 is 4.92 Å². The first kappa shape index (κ1) is 12.9. The van der Waals surface area contributed by atoms with E-state index >= 15 is 0 Å². The van der Waals surface area contributed by atoms with Crippen molar-refractivity contribution in [3.05, 3.63) is 28.4 Å². The quantitative estimate of drug-likeness (QED) is 0.564. The van der Waals surface area contributed by atoms with Gasteiger partial charge in [-0.3, -0.25) is 14.9 Å². The van der Waals surface area contributed by atoms with Crippen molar-refractivity contribution in [2.45, 2.75) is 0 Å². The molecule has 0 aliphatic rings. The second kappa shape index (κ2) is 5.24. The summed E-state index contributed by atoms with van der Waals surface area (Å²) in [6.45, 7) is 0.178. The van der Waals surface area contributed by atoms with Crippen LogP contribution in [0.2, 0.25) is 0 Å². The number of nitro groups is 1. The molecule has 0 N–H and O–H groups in total. The average molecular weight is 238 g/mol. The summed E-state index contributed by atoms with van der Waals surface area (Å²) >= 11 is 0. The molecule has 7 nitrogen and oxygen atoms in total. The number of anilines is 1. The van der Waals surface area contributed by atoms with Gasteiger partial charge >= 0.3 is 0 Å². The van der Waals surface area contributed by atoms with Crippen LogP contribution in [0.1, 0.15) is 0 Å². The molecule has 17 heavy (non-hydrogen) atoms. The molecule has 92 valence electrons. The molecule has 0 atom stereocenters. The van der Waals surface area contributed by atoms with Crippen LogP contribution in [0.3, 0.4) is 0 Å². The predicted molar refractivity (Wildman–Crippen MR) is 62.9 cm³/mol. The molecule has 1 heterocycles. The summed E-state index contributed by atoms with van der Waals surface area (Å²) in [5.41, 5.74) is -0.0684. The fraction of sp³-hybridized carbons (Fsp3) is 0.400. The zero-order valence-electron chi connectivity index (χ0n) is 9.95. The van der Waals surface area contributed by atoms with E-state index in [1.807, 2.05) is 0 Å². The second-order valence-corrected chi connectivity index (χ2v) is 3.78. The minimum atomic E-state index is -0.512. The SMILES string of the molecule is CN(C)C(=O)CN(C)c1ccc([N+](=O)[O-])cn1. The molecule has 1 amide bonds. The number of likely N-dealkylation sites (N-methyl/N-ethyl adjacent to an activating group) is 2. The Morgan fingerprint density at radius 3 is 2.47 bits per heavy atom. The largest absolute Gasteiger partial charge is 0.350 e. The lowest BCUT2D eigenvalue weighted by atomic mass is 10.4. The minimum Gasteiger partial charge on any atom is -0.350 e. The number of hydrogen-bond donors (Lipinski definition) is 0. The monoisotopic (exact) mass is 238 g/mol. The average Bonchev–Trinajstić information content (AvgIpc) is 2.28. The van der Waals surface area contributed by atoms with Crippen LogP contribution in [0.5, 0.6) is 0 Å². The molecule has 0 aromatic carbocycles. The Kier molecular flexibility index (Phi) is 3.97. The highest BCUT2D eigenvalue weighted by molar-refractivity contribution is 5.80. The first-order valence-corrected chi connectivity index (χ1v) is 4.93. The lowest BCUT2D eigenvalue weighted by Crippen LogP contribution is -2.34. The number of aromatic nitrogens is 1. The number of rotatable bonds is 4. The number of hydrogen-bond acceptors (Lipinski definition) is 5. The molecule has 0 radical (unpaired) electrons. The van der Waals surface area contributed by atoms with Gasteiger partial charge in [-0.1, -0.05) is 0 Å². The molecular weight excluding hydrogens is 224 g/mol. The minimum absolute atomic E-state index is 0.0624. The number of carbonyl (C=O) groups excluding carboxylic acids is 1. The van der Waals surface area contributed by atoms with E-state index in [9.17, 15) is 14.9 Å². The van der Waals surface area contributed by atoms with Gasteiger partial charge in [0.1, 0.15) is 12.0 Å². The van der Waals surface area contributed by atoms with E-state index in [1.165, 1.54) is 23.2 Å². The van der Waals surface area contributed by atoms with Crippen LogP contribution in [0, 0.1) is 10.1 Å². The number of nitrogens with zero attached hydrogens (tertiary/aromatic N) is 4. The van der Waals surface area contributed by atoms with Gasteiger partial charge in [-0.05, 0) is 6.07 Å². The van der Waals surface area contributed by atoms with Gasteiger partial charge in [0.05, 0.1) is 11.5 Å². The molecule has 0 aliphatic carbocycles. The van der Waals surface area contributed by atoms with E-state index in [0.717, 1.165) is 0 Å². The first-order valence-electron chi connectivity index (χ1n) is 4.93. The maximum atomic E-state index is 11.4. The van der Waals surface area contributed by atoms with Gasteiger partial charge in [0.15, 0.2) is 0 Å². The molecule has 0 saturated carbocycles. The smallest absolute Gasteiger partial charge is 0.287 e. The van der Waals surface area contributed by atoms with E-state index in [1.54, 1.807) is 26.0 Å². The van der Waals surface area contributed by atoms with E-state index in [-0.39, 0.29) is 18.1 Å². The number of amides is 1. The summed E-state index contributed by atoms with van der Waals surface area (Å²) in [5.74, 6) is 0.457. The molecule has 1 aromatic rings. The Morgan fingerprint density at radius 1 is 1.41 bits per heavy atom. The second-order valence-electron chi connectivity index (χ2n) is 3.78. The van der Waals surface area contributed by atoms with Crippen LogP contribution in [0.4, 0.5) is 11.5 Å². The van der Waals surface area contributed by atoms with Crippen LogP contribution in [-0.2, 0) is 4.79 Å². The van der Waals surface area contributed by atoms with Crippen LogP contribution in [0.15, 0.2) is 18.3 Å². The van der Waals surface area contributed by atoms with Crippen molar-refractivity contribution in [3.8, 4) is 0 Å². The standard InChI is InChI=1S/C10H14N4O3/c1-12(2)10(15)7-13(3)9-5-4-8(6-11-9)14(16)17/h4-6H,7H2,1-3H3. The topological polar surface area (TPSA) is 79.6 Å². The molecule has 0 aliphatic heterocycles. The van der Waals surface area contributed by atoms with Gasteiger partial charge in [0.25, 0.3) is 5.69 Å². The molecule has 0 bridgehead atoms. The van der Waals surface area contributed by atoms with E-state index in [4.69, 9.17) is 0 Å². The Hall–Kier alpha value is -2.18. The van der Waals surface area contributed by atoms with Crippen molar-refractivity contribution in [1.29, 1.82) is 0 Å². The molecule has 0 saturated heterocycles. The zero-order valence-corrected chi connectivity index (χ0v) is 9.95. The Labute approximate surface area is 98.8 Å². The summed E-state index contributed by atoms with van der Waals surface area (Å²) in [5, 5.41) is 10.4. The molecule has 1 rings (SSSR count). The number of pyridine rings is 1. The molecule has 0 unspecified atom stereocenters. The van der Waals surface area contributed by atoms with E-state index in [0.29, 0.717) is 5.82 Å². The van der Waals surface area contributed by atoms with E-state index in [2.05, 4.69) is 4.98 Å². The fourth-order valence-corrected chi connectivity index (χ4v) is 1.14. The zero-order chi connectivity index (χ0) is 13.0. The van der Waals surface area contributed by atoms with Gasteiger partial charge in [-0.25, -0.2) is 4.98 Å². The van der Waals surface area contributed by atoms with Crippen molar-refractivity contribution < 1.29 is 9.72 Å². The predicted octanol–water partition coefficient (Wildman–Crippen LogP) is 0.514. The summed E-state index contributed by atoms with van der Waals surface area (Å²) < 4.78 is 0. The van der Waals surface area contributed by atoms with Gasteiger partial charge in [-0.15, -0.1) is 0 Å². The van der Waals surface area contributed by atoms with Crippen LogP contribution < -0.4 is 4.90 Å². The number of carbonyl (C=O) groups is 1. The highest BCUT2D eigenvalue weighted by atomic mass is 16.6. The van der Waals surface area contributed by atoms with Crippen molar-refractivity contribution in [3.63, 3.8) is 0 Å². The normalized spacial score (nSPS) is 9.82. The van der Waals surface area contributed by atoms with Gasteiger partial charge in [0, 0.05) is 27.2 Å². The van der Waals surface area contributed by atoms with Crippen LogP contribution >= 0.6 is 0 Å². The third-order valence-corrected chi connectivity index (χ3v) is 2.21. The Balaban J connectivity index is 2.73. The van der Waals surface area contributed by atoms with Gasteiger partial charge < -0.3 is 9.80 Å². The van der Waals surface area contributed by atoms with Crippen molar-refractivity contribution in [2.24, 2.45) is 0 Å². The van der Waals surface area contributed by atoms with Crippen molar-refractivity contribution in [2.75, 3.05) is 32.6 Å². The third kappa shape index (κ3) is 3.40.